The number of nitrogens with zero attached hydrogens (tertiary/aromatic N) is 1. The van der Waals surface area contributed by atoms with Crippen molar-refractivity contribution < 1.29 is 23.5 Å². The molecule has 6 nitrogen and oxygen atoms in total. The number of halogens is 2. The molecule has 146 valence electrons. The van der Waals surface area contributed by atoms with Gasteiger partial charge in [-0.2, -0.15) is 0 Å². The van der Waals surface area contributed by atoms with E-state index in [-0.39, 0.29) is 29.6 Å². The van der Waals surface area contributed by atoms with Crippen molar-refractivity contribution in [3.8, 4) is 0 Å². The average molecular weight is 405 g/mol. The molecule has 1 saturated heterocycles. The van der Waals surface area contributed by atoms with E-state index in [1.165, 1.54) is 17.0 Å². The quantitative estimate of drug-likeness (QED) is 0.776. The van der Waals surface area contributed by atoms with Crippen molar-refractivity contribution in [1.29, 1.82) is 0 Å². The molecular formula is C20H18ClFN2O4. The van der Waals surface area contributed by atoms with Gasteiger partial charge in [-0.3, -0.25) is 14.4 Å². The van der Waals surface area contributed by atoms with Gasteiger partial charge in [0.15, 0.2) is 6.61 Å². The van der Waals surface area contributed by atoms with Gasteiger partial charge in [-0.1, -0.05) is 29.3 Å². The maximum absolute atomic E-state index is 13.1. The highest BCUT2D eigenvalue weighted by Gasteiger charge is 2.36. The van der Waals surface area contributed by atoms with E-state index in [0.29, 0.717) is 0 Å². The van der Waals surface area contributed by atoms with Crippen LogP contribution in [0.2, 0.25) is 5.02 Å². The van der Waals surface area contributed by atoms with Gasteiger partial charge in [0.2, 0.25) is 5.91 Å². The molecule has 28 heavy (non-hydrogen) atoms. The molecule has 0 bridgehead atoms. The molecule has 1 N–H and O–H groups in total. The van der Waals surface area contributed by atoms with E-state index in [4.69, 9.17) is 16.3 Å². The van der Waals surface area contributed by atoms with Crippen molar-refractivity contribution in [2.45, 2.75) is 13.3 Å². The van der Waals surface area contributed by atoms with Crippen molar-refractivity contribution in [3.05, 3.63) is 58.9 Å². The van der Waals surface area contributed by atoms with Gasteiger partial charge >= 0.3 is 5.97 Å². The standard InChI is InChI=1S/C20H18ClFN2O4/c1-12-2-5-15(6-3-12)24-10-13(8-19(24)26)20(27)28-11-18(25)23-14-4-7-17(22)16(21)9-14/h2-7,9,13H,8,10-11H2,1H3,(H,23,25). The van der Waals surface area contributed by atoms with E-state index in [0.717, 1.165) is 17.3 Å². The average Bonchev–Trinajstić information content (AvgIpc) is 3.05. The molecule has 0 aromatic heterocycles. The van der Waals surface area contributed by atoms with Crippen LogP contribution in [0.25, 0.3) is 0 Å². The number of hydrogen-bond acceptors (Lipinski definition) is 4. The zero-order chi connectivity index (χ0) is 20.3. The molecule has 0 saturated carbocycles. The van der Waals surface area contributed by atoms with Crippen LogP contribution in [0, 0.1) is 18.7 Å². The molecule has 1 fully saturated rings. The van der Waals surface area contributed by atoms with Gasteiger partial charge in [0.05, 0.1) is 10.9 Å². The molecule has 3 rings (SSSR count). The summed E-state index contributed by atoms with van der Waals surface area (Å²) in [5.41, 5.74) is 2.07. The largest absolute Gasteiger partial charge is 0.455 e. The van der Waals surface area contributed by atoms with E-state index in [2.05, 4.69) is 5.32 Å². The van der Waals surface area contributed by atoms with Gasteiger partial charge < -0.3 is 15.0 Å². The first-order chi connectivity index (χ1) is 13.3. The third kappa shape index (κ3) is 4.67. The van der Waals surface area contributed by atoms with Crippen LogP contribution in [-0.2, 0) is 19.1 Å². The number of esters is 1. The van der Waals surface area contributed by atoms with Crippen LogP contribution >= 0.6 is 11.6 Å². The highest BCUT2D eigenvalue weighted by Crippen LogP contribution is 2.26. The molecule has 2 aromatic carbocycles. The second-order valence-corrected chi connectivity index (χ2v) is 6.93. The first kappa shape index (κ1) is 19.8. The summed E-state index contributed by atoms with van der Waals surface area (Å²) < 4.78 is 18.2. The van der Waals surface area contributed by atoms with Gasteiger partial charge in [0.25, 0.3) is 5.91 Å². The van der Waals surface area contributed by atoms with Gasteiger partial charge in [0, 0.05) is 24.3 Å². The van der Waals surface area contributed by atoms with Gasteiger partial charge in [-0.15, -0.1) is 0 Å². The Morgan fingerprint density at radius 3 is 2.64 bits per heavy atom. The predicted molar refractivity (Wildman–Crippen MR) is 103 cm³/mol. The highest BCUT2D eigenvalue weighted by molar-refractivity contribution is 6.31. The Hall–Kier alpha value is -2.93. The van der Waals surface area contributed by atoms with Crippen molar-refractivity contribution >= 4 is 40.8 Å². The number of nitrogens with one attached hydrogen (secondary N) is 1. The Labute approximate surface area is 166 Å². The number of carbonyl (C=O) groups excluding carboxylic acids is 3. The lowest BCUT2D eigenvalue weighted by Gasteiger charge is -2.16. The molecule has 2 aromatic rings. The lowest BCUT2D eigenvalue weighted by molar-refractivity contribution is -0.151. The highest BCUT2D eigenvalue weighted by atomic mass is 35.5. The number of aryl methyl sites for hydroxylation is 1. The van der Waals surface area contributed by atoms with Gasteiger partial charge in [0.1, 0.15) is 5.82 Å². The van der Waals surface area contributed by atoms with Crippen LogP contribution in [0.4, 0.5) is 15.8 Å². The third-order valence-electron chi connectivity index (χ3n) is 4.35. The minimum Gasteiger partial charge on any atom is -0.455 e. The molecule has 0 aliphatic carbocycles. The summed E-state index contributed by atoms with van der Waals surface area (Å²) in [6.45, 7) is 1.64. The van der Waals surface area contributed by atoms with Crippen LogP contribution in [0.15, 0.2) is 42.5 Å². The van der Waals surface area contributed by atoms with Gasteiger partial charge in [-0.25, -0.2) is 4.39 Å². The summed E-state index contributed by atoms with van der Waals surface area (Å²) in [6.07, 6.45) is 0.0297. The third-order valence-corrected chi connectivity index (χ3v) is 4.64. The van der Waals surface area contributed by atoms with E-state index in [1.54, 1.807) is 0 Å². The fraction of sp³-hybridized carbons (Fsp3) is 0.250. The number of anilines is 2. The molecule has 1 aliphatic rings. The fourth-order valence-corrected chi connectivity index (χ4v) is 3.05. The van der Waals surface area contributed by atoms with Crippen molar-refractivity contribution in [2.75, 3.05) is 23.4 Å². The van der Waals surface area contributed by atoms with Crippen LogP contribution in [-0.4, -0.2) is 30.9 Å². The minimum absolute atomic E-state index is 0.0297. The van der Waals surface area contributed by atoms with Gasteiger partial charge in [-0.05, 0) is 37.3 Å². The minimum atomic E-state index is -0.637. The second kappa shape index (κ2) is 8.39. The van der Waals surface area contributed by atoms with Crippen LogP contribution < -0.4 is 10.2 Å². The smallest absolute Gasteiger partial charge is 0.311 e. The lowest BCUT2D eigenvalue weighted by Crippen LogP contribution is -2.28. The maximum atomic E-state index is 13.1. The molecule has 0 spiro atoms. The summed E-state index contributed by atoms with van der Waals surface area (Å²) >= 11 is 5.65. The topological polar surface area (TPSA) is 75.7 Å². The molecule has 2 amide bonds. The summed E-state index contributed by atoms with van der Waals surface area (Å²) in [7, 11) is 0. The Morgan fingerprint density at radius 1 is 1.25 bits per heavy atom. The monoisotopic (exact) mass is 404 g/mol. The second-order valence-electron chi connectivity index (χ2n) is 6.53. The van der Waals surface area contributed by atoms with Crippen molar-refractivity contribution in [3.63, 3.8) is 0 Å². The number of hydrogen-bond donors (Lipinski definition) is 1. The Balaban J connectivity index is 1.52. The number of amides is 2. The van der Waals surface area contributed by atoms with E-state index in [9.17, 15) is 18.8 Å². The molecular weight excluding hydrogens is 387 g/mol. The Kier molecular flexibility index (Phi) is 5.94. The molecule has 1 atom stereocenters. The molecule has 1 aliphatic heterocycles. The SMILES string of the molecule is Cc1ccc(N2CC(C(=O)OCC(=O)Nc3ccc(F)c(Cl)c3)CC2=O)cc1. The Morgan fingerprint density at radius 2 is 1.96 bits per heavy atom. The first-order valence-electron chi connectivity index (χ1n) is 8.62. The zero-order valence-electron chi connectivity index (χ0n) is 15.1. The summed E-state index contributed by atoms with van der Waals surface area (Å²) in [5, 5.41) is 2.33. The molecule has 8 heteroatoms. The van der Waals surface area contributed by atoms with Crippen molar-refractivity contribution in [2.24, 2.45) is 5.92 Å². The number of benzene rings is 2. The molecule has 1 unspecified atom stereocenters. The fourth-order valence-electron chi connectivity index (χ4n) is 2.87. The summed E-state index contributed by atoms with van der Waals surface area (Å²) in [5.74, 6) is -2.61. The molecule has 0 radical (unpaired) electrons. The van der Waals surface area contributed by atoms with E-state index in [1.807, 2.05) is 31.2 Å². The van der Waals surface area contributed by atoms with E-state index >= 15 is 0 Å². The maximum Gasteiger partial charge on any atom is 0.311 e. The number of ether oxygens (including phenoxy) is 1. The van der Waals surface area contributed by atoms with Crippen LogP contribution in [0.5, 0.6) is 0 Å². The van der Waals surface area contributed by atoms with E-state index < -0.39 is 30.2 Å². The lowest BCUT2D eigenvalue weighted by atomic mass is 10.1. The first-order valence-corrected chi connectivity index (χ1v) is 9.00. The number of carbonyl (C=O) groups is 3. The molecule has 1 heterocycles. The Bertz CT molecular complexity index is 917. The van der Waals surface area contributed by atoms with Crippen LogP contribution in [0.1, 0.15) is 12.0 Å². The summed E-state index contributed by atoms with van der Waals surface area (Å²) in [6, 6.07) is 11.1. The zero-order valence-corrected chi connectivity index (χ0v) is 15.8. The normalized spacial score (nSPS) is 16.2. The summed E-state index contributed by atoms with van der Waals surface area (Å²) in [4.78, 5) is 37.9. The van der Waals surface area contributed by atoms with Crippen LogP contribution in [0.3, 0.4) is 0 Å². The predicted octanol–water partition coefficient (Wildman–Crippen LogP) is 3.32. The van der Waals surface area contributed by atoms with Crippen molar-refractivity contribution in [1.82, 2.24) is 0 Å². The number of rotatable bonds is 5.